The topological polar surface area (TPSA) is 65.1 Å². The molecule has 0 radical (unpaired) electrons. The first-order valence-electron chi connectivity index (χ1n) is 11.4. The maximum atomic E-state index is 12.9. The van der Waals surface area contributed by atoms with Crippen molar-refractivity contribution in [3.05, 3.63) is 71.8 Å². The second-order valence-corrected chi connectivity index (χ2v) is 14.8. The number of carbonyl (C=O) groups excluding carboxylic acids is 2. The van der Waals surface area contributed by atoms with Crippen molar-refractivity contribution in [1.29, 1.82) is 0 Å². The van der Waals surface area contributed by atoms with Gasteiger partial charge in [-0.3, -0.25) is 0 Å². The molecule has 7 heteroatoms. The fraction of sp³-hybridized carbons (Fsp3) is 0.462. The summed E-state index contributed by atoms with van der Waals surface area (Å²) in [5.41, 5.74) is 1.41. The van der Waals surface area contributed by atoms with Gasteiger partial charge in [0, 0.05) is 13.0 Å². The van der Waals surface area contributed by atoms with Crippen LogP contribution in [0, 0.1) is 0 Å². The van der Waals surface area contributed by atoms with E-state index >= 15 is 0 Å². The van der Waals surface area contributed by atoms with Crippen LogP contribution >= 0.6 is 0 Å². The fourth-order valence-electron chi connectivity index (χ4n) is 3.53. The molecule has 0 N–H and O–H groups in total. The van der Waals surface area contributed by atoms with Gasteiger partial charge in [0.05, 0.1) is 18.2 Å². The highest BCUT2D eigenvalue weighted by Crippen LogP contribution is 2.38. The Bertz CT molecular complexity index is 927. The molecule has 0 saturated carbocycles. The Morgan fingerprint density at radius 3 is 2.12 bits per heavy atom. The Morgan fingerprint density at radius 1 is 0.939 bits per heavy atom. The molecule has 0 bridgehead atoms. The average molecular weight is 470 g/mol. The number of likely N-dealkylation sites (tertiary alicyclic amines) is 1. The Kier molecular flexibility index (Phi) is 7.97. The van der Waals surface area contributed by atoms with E-state index in [2.05, 4.69) is 33.9 Å². The Hall–Kier alpha value is -2.64. The second kappa shape index (κ2) is 10.5. The van der Waals surface area contributed by atoms with E-state index in [1.54, 1.807) is 29.2 Å². The lowest BCUT2D eigenvalue weighted by molar-refractivity contribution is -0.0267. The smallest absolute Gasteiger partial charge is 0.410 e. The quantitative estimate of drug-likeness (QED) is 0.404. The van der Waals surface area contributed by atoms with E-state index in [0.717, 1.165) is 5.56 Å². The molecule has 2 aromatic rings. The third-order valence-electron chi connectivity index (χ3n) is 6.39. The first-order chi connectivity index (χ1) is 15.5. The molecule has 33 heavy (non-hydrogen) atoms. The van der Waals surface area contributed by atoms with Gasteiger partial charge in [-0.05, 0) is 35.8 Å². The first-order valence-corrected chi connectivity index (χ1v) is 14.4. The Balaban J connectivity index is 1.71. The molecule has 1 aliphatic rings. The Morgan fingerprint density at radius 2 is 1.52 bits per heavy atom. The van der Waals surface area contributed by atoms with Crippen LogP contribution in [0.15, 0.2) is 60.7 Å². The lowest BCUT2D eigenvalue weighted by atomic mass is 10.1. The van der Waals surface area contributed by atoms with E-state index in [0.29, 0.717) is 18.5 Å². The van der Waals surface area contributed by atoms with Gasteiger partial charge in [-0.1, -0.05) is 69.3 Å². The molecule has 2 atom stereocenters. The number of hydrogen-bond donors (Lipinski definition) is 0. The highest BCUT2D eigenvalue weighted by atomic mass is 28.4. The minimum atomic E-state index is -2.08. The summed E-state index contributed by atoms with van der Waals surface area (Å²) in [6, 6.07) is 18.5. The van der Waals surface area contributed by atoms with Crippen LogP contribution in [0.2, 0.25) is 18.1 Å². The van der Waals surface area contributed by atoms with Crippen LogP contribution in [0.5, 0.6) is 0 Å². The largest absolute Gasteiger partial charge is 0.457 e. The maximum Gasteiger partial charge on any atom is 0.410 e. The van der Waals surface area contributed by atoms with Crippen molar-refractivity contribution >= 4 is 20.4 Å². The summed E-state index contributed by atoms with van der Waals surface area (Å²) in [5, 5.41) is 0.0271. The number of ether oxygens (including phenoxy) is 2. The molecule has 178 valence electrons. The zero-order chi connectivity index (χ0) is 24.1. The zero-order valence-electron chi connectivity index (χ0n) is 20.2. The van der Waals surface area contributed by atoms with E-state index in [9.17, 15) is 9.59 Å². The number of benzene rings is 2. The van der Waals surface area contributed by atoms with Gasteiger partial charge >= 0.3 is 12.1 Å². The molecule has 0 aliphatic carbocycles. The number of carbonyl (C=O) groups is 2. The van der Waals surface area contributed by atoms with Gasteiger partial charge in [0.2, 0.25) is 0 Å². The van der Waals surface area contributed by atoms with E-state index in [-0.39, 0.29) is 24.3 Å². The zero-order valence-corrected chi connectivity index (χ0v) is 21.2. The second-order valence-electron chi connectivity index (χ2n) is 10.1. The molecular formula is C26H35NO5Si. The first kappa shape index (κ1) is 25.0. The summed E-state index contributed by atoms with van der Waals surface area (Å²) in [6.45, 7) is 11.8. The van der Waals surface area contributed by atoms with Crippen molar-refractivity contribution in [3.8, 4) is 0 Å². The van der Waals surface area contributed by atoms with Crippen molar-refractivity contribution in [2.45, 2.75) is 64.1 Å². The van der Waals surface area contributed by atoms with Crippen LogP contribution in [-0.4, -0.2) is 50.6 Å². The van der Waals surface area contributed by atoms with Crippen LogP contribution in [0.4, 0.5) is 4.79 Å². The van der Waals surface area contributed by atoms with Gasteiger partial charge in [0.25, 0.3) is 0 Å². The molecule has 2 aromatic carbocycles. The molecule has 1 heterocycles. The van der Waals surface area contributed by atoms with Gasteiger partial charge in [-0.2, -0.15) is 0 Å². The summed E-state index contributed by atoms with van der Waals surface area (Å²) in [6.07, 6.45) is -0.570. The lowest BCUT2D eigenvalue weighted by Crippen LogP contribution is -2.54. The van der Waals surface area contributed by atoms with E-state index < -0.39 is 26.5 Å². The predicted octanol–water partition coefficient (Wildman–Crippen LogP) is 5.64. The molecule has 1 fully saturated rings. The molecule has 0 spiro atoms. The maximum absolute atomic E-state index is 12.9. The number of hydrogen-bond acceptors (Lipinski definition) is 5. The average Bonchev–Trinajstić information content (AvgIpc) is 2.77. The van der Waals surface area contributed by atoms with Crippen LogP contribution in [0.3, 0.4) is 0 Å². The highest BCUT2D eigenvalue weighted by molar-refractivity contribution is 6.74. The molecule has 6 nitrogen and oxygen atoms in total. The predicted molar refractivity (Wildman–Crippen MR) is 131 cm³/mol. The number of amides is 1. The third kappa shape index (κ3) is 6.92. The molecule has 0 unspecified atom stereocenters. The van der Waals surface area contributed by atoms with Crippen molar-refractivity contribution in [2.24, 2.45) is 0 Å². The van der Waals surface area contributed by atoms with E-state index in [1.807, 2.05) is 36.4 Å². The van der Waals surface area contributed by atoms with Gasteiger partial charge in [-0.15, -0.1) is 0 Å². The molecule has 1 amide bonds. The normalized spacial score (nSPS) is 19.1. The van der Waals surface area contributed by atoms with E-state index in [1.165, 1.54) is 0 Å². The summed E-state index contributed by atoms with van der Waals surface area (Å²) in [5.74, 6) is -0.397. The number of rotatable bonds is 6. The SMILES string of the molecule is CC(C)(C)[Si](C)(C)O[C@@H]1C[C@H](OC(=O)c2ccccc2)CN(C(=O)OCc2ccccc2)C1. The minimum Gasteiger partial charge on any atom is -0.457 e. The molecular weight excluding hydrogens is 434 g/mol. The van der Waals surface area contributed by atoms with Crippen molar-refractivity contribution in [3.63, 3.8) is 0 Å². The molecule has 0 aromatic heterocycles. The number of piperidine rings is 1. The summed E-state index contributed by atoms with van der Waals surface area (Å²) < 4.78 is 18.0. The Labute approximate surface area is 198 Å². The highest BCUT2D eigenvalue weighted by Gasteiger charge is 2.42. The van der Waals surface area contributed by atoms with Crippen molar-refractivity contribution < 1.29 is 23.5 Å². The van der Waals surface area contributed by atoms with Gasteiger partial charge in [0.15, 0.2) is 8.32 Å². The lowest BCUT2D eigenvalue weighted by Gasteiger charge is -2.43. The molecule has 1 aliphatic heterocycles. The number of esters is 1. The van der Waals surface area contributed by atoms with E-state index in [4.69, 9.17) is 13.9 Å². The van der Waals surface area contributed by atoms with Gasteiger partial charge in [0.1, 0.15) is 12.7 Å². The van der Waals surface area contributed by atoms with Crippen LogP contribution < -0.4 is 0 Å². The standard InChI is InChI=1S/C26H35NO5Si/c1-26(2,3)33(4,5)32-23-16-22(31-24(28)21-14-10-7-11-15-21)17-27(18-23)25(29)30-19-20-12-8-6-9-13-20/h6-15,22-23H,16-19H2,1-5H3/t22-,23+/m0/s1. The van der Waals surface area contributed by atoms with Gasteiger partial charge in [-0.25, -0.2) is 9.59 Å². The fourth-order valence-corrected chi connectivity index (χ4v) is 4.88. The van der Waals surface area contributed by atoms with Crippen molar-refractivity contribution in [1.82, 2.24) is 4.90 Å². The summed E-state index contributed by atoms with van der Waals surface area (Å²) in [4.78, 5) is 27.2. The van der Waals surface area contributed by atoms with Gasteiger partial charge < -0.3 is 18.8 Å². The summed E-state index contributed by atoms with van der Waals surface area (Å²) >= 11 is 0. The van der Waals surface area contributed by atoms with Crippen LogP contribution in [0.25, 0.3) is 0 Å². The number of nitrogens with zero attached hydrogens (tertiary/aromatic N) is 1. The minimum absolute atomic E-state index is 0.0271. The monoisotopic (exact) mass is 469 g/mol. The van der Waals surface area contributed by atoms with Crippen molar-refractivity contribution in [2.75, 3.05) is 13.1 Å². The molecule has 1 saturated heterocycles. The van der Waals surface area contributed by atoms with Crippen LogP contribution in [-0.2, 0) is 20.5 Å². The third-order valence-corrected chi connectivity index (χ3v) is 10.9. The van der Waals surface area contributed by atoms with Crippen LogP contribution in [0.1, 0.15) is 43.1 Å². The molecule has 3 rings (SSSR count). The summed E-state index contributed by atoms with van der Waals surface area (Å²) in [7, 11) is -2.08.